The van der Waals surface area contributed by atoms with Crippen molar-refractivity contribution in [1.82, 2.24) is 0 Å². The average molecular weight is 396 g/mol. The molecule has 0 radical (unpaired) electrons. The van der Waals surface area contributed by atoms with E-state index in [0.717, 1.165) is 5.56 Å². The van der Waals surface area contributed by atoms with Crippen molar-refractivity contribution in [3.8, 4) is 11.5 Å². The van der Waals surface area contributed by atoms with E-state index in [1.807, 2.05) is 0 Å². The number of amides is 1. The lowest BCUT2D eigenvalue weighted by molar-refractivity contribution is -0.384. The molecule has 0 atom stereocenters. The third-order valence-electron chi connectivity index (χ3n) is 3.85. The Morgan fingerprint density at radius 2 is 1.69 bits per heavy atom. The fourth-order valence-corrected chi connectivity index (χ4v) is 2.42. The molecule has 8 heteroatoms. The molecule has 0 heterocycles. The highest BCUT2D eigenvalue weighted by Crippen LogP contribution is 2.20. The summed E-state index contributed by atoms with van der Waals surface area (Å²) >= 11 is 0. The number of halogens is 1. The molecule has 3 rings (SSSR count). The number of nitro groups is 1. The first-order chi connectivity index (χ1) is 14.0. The van der Waals surface area contributed by atoms with Gasteiger partial charge in [-0.2, -0.15) is 0 Å². The van der Waals surface area contributed by atoms with Crippen LogP contribution >= 0.6 is 0 Å². The van der Waals surface area contributed by atoms with E-state index in [0.29, 0.717) is 17.2 Å². The lowest BCUT2D eigenvalue weighted by Crippen LogP contribution is -2.20. The molecule has 1 amide bonds. The highest BCUT2D eigenvalue weighted by Gasteiger charge is 2.08. The zero-order valence-electron chi connectivity index (χ0n) is 15.2. The molecule has 148 valence electrons. The third-order valence-corrected chi connectivity index (χ3v) is 3.85. The van der Waals surface area contributed by atoms with Crippen molar-refractivity contribution < 1.29 is 23.6 Å². The van der Waals surface area contributed by atoms with E-state index < -0.39 is 4.92 Å². The monoisotopic (exact) mass is 396 g/mol. The Morgan fingerprint density at radius 3 is 2.38 bits per heavy atom. The Morgan fingerprint density at radius 1 is 0.966 bits per heavy atom. The minimum Gasteiger partial charge on any atom is -0.489 e. The summed E-state index contributed by atoms with van der Waals surface area (Å²) in [5.74, 6) is 0.194. The van der Waals surface area contributed by atoms with Crippen molar-refractivity contribution >= 4 is 17.3 Å². The lowest BCUT2D eigenvalue weighted by atomic mass is 10.2. The van der Waals surface area contributed by atoms with Crippen molar-refractivity contribution in [3.05, 3.63) is 94.3 Å². The highest BCUT2D eigenvalue weighted by molar-refractivity contribution is 5.92. The zero-order valence-corrected chi connectivity index (χ0v) is 15.2. The first kappa shape index (κ1) is 19.8. The Kier molecular flexibility index (Phi) is 6.36. The van der Waals surface area contributed by atoms with Crippen LogP contribution in [0, 0.1) is 15.9 Å². The van der Waals surface area contributed by atoms with Gasteiger partial charge in [-0.15, -0.1) is 0 Å². The standard InChI is InChI=1S/C21H17FN2O5/c22-16-6-4-15(5-7-16)13-28-20-3-1-2-17(12-20)23-21(25)14-29-19-10-8-18(9-11-19)24(26)27/h1-12H,13-14H2,(H,23,25). The minimum atomic E-state index is -0.512. The Bertz CT molecular complexity index is 991. The smallest absolute Gasteiger partial charge is 0.269 e. The van der Waals surface area contributed by atoms with Crippen molar-refractivity contribution in [2.24, 2.45) is 0 Å². The predicted molar refractivity (Wildman–Crippen MR) is 104 cm³/mol. The summed E-state index contributed by atoms with van der Waals surface area (Å²) in [6.45, 7) is 0.0133. The number of nitro benzene ring substituents is 1. The van der Waals surface area contributed by atoms with Crippen LogP contribution in [0.5, 0.6) is 11.5 Å². The Labute approximate surface area is 165 Å². The molecule has 1 N–H and O–H groups in total. The summed E-state index contributed by atoms with van der Waals surface area (Å²) in [4.78, 5) is 22.2. The Balaban J connectivity index is 1.50. The van der Waals surface area contributed by atoms with Crippen LogP contribution < -0.4 is 14.8 Å². The summed E-state index contributed by atoms with van der Waals surface area (Å²) < 4.78 is 23.9. The largest absolute Gasteiger partial charge is 0.489 e. The number of nitrogens with one attached hydrogen (secondary N) is 1. The lowest BCUT2D eigenvalue weighted by Gasteiger charge is -2.10. The predicted octanol–water partition coefficient (Wildman–Crippen LogP) is 4.33. The van der Waals surface area contributed by atoms with E-state index in [2.05, 4.69) is 5.32 Å². The van der Waals surface area contributed by atoms with Crippen molar-refractivity contribution in [2.45, 2.75) is 6.61 Å². The van der Waals surface area contributed by atoms with Gasteiger partial charge in [-0.1, -0.05) is 18.2 Å². The summed E-state index contributed by atoms with van der Waals surface area (Å²) in [7, 11) is 0. The Hall–Kier alpha value is -3.94. The molecule has 0 spiro atoms. The number of hydrogen-bond donors (Lipinski definition) is 1. The van der Waals surface area contributed by atoms with Gasteiger partial charge in [0, 0.05) is 23.9 Å². The molecule has 29 heavy (non-hydrogen) atoms. The van der Waals surface area contributed by atoms with Crippen LogP contribution in [0.2, 0.25) is 0 Å². The second kappa shape index (κ2) is 9.32. The first-order valence-corrected chi connectivity index (χ1v) is 8.64. The van der Waals surface area contributed by atoms with Gasteiger partial charge >= 0.3 is 0 Å². The summed E-state index contributed by atoms with van der Waals surface area (Å²) in [6.07, 6.45) is 0. The van der Waals surface area contributed by atoms with Crippen LogP contribution in [-0.2, 0) is 11.4 Å². The summed E-state index contributed by atoms with van der Waals surface area (Å²) in [5.41, 5.74) is 1.29. The van der Waals surface area contributed by atoms with Crippen molar-refractivity contribution in [2.75, 3.05) is 11.9 Å². The normalized spacial score (nSPS) is 10.2. The number of anilines is 1. The number of hydrogen-bond acceptors (Lipinski definition) is 5. The maximum atomic E-state index is 12.9. The van der Waals surface area contributed by atoms with E-state index in [9.17, 15) is 19.3 Å². The van der Waals surface area contributed by atoms with Crippen LogP contribution in [0.3, 0.4) is 0 Å². The van der Waals surface area contributed by atoms with Gasteiger partial charge < -0.3 is 14.8 Å². The van der Waals surface area contributed by atoms with Crippen molar-refractivity contribution in [3.63, 3.8) is 0 Å². The topological polar surface area (TPSA) is 90.7 Å². The molecule has 0 saturated heterocycles. The minimum absolute atomic E-state index is 0.0562. The maximum absolute atomic E-state index is 12.9. The molecule has 0 aliphatic rings. The number of carbonyl (C=O) groups is 1. The molecule has 0 fully saturated rings. The van der Waals surface area contributed by atoms with E-state index >= 15 is 0 Å². The summed E-state index contributed by atoms with van der Waals surface area (Å²) in [6, 6.07) is 18.3. The van der Waals surface area contributed by atoms with Crippen molar-refractivity contribution in [1.29, 1.82) is 0 Å². The third kappa shape index (κ3) is 6.03. The van der Waals surface area contributed by atoms with Gasteiger partial charge in [-0.3, -0.25) is 14.9 Å². The average Bonchev–Trinajstić information content (AvgIpc) is 2.72. The van der Waals surface area contributed by atoms with Crippen LogP contribution in [0.15, 0.2) is 72.8 Å². The van der Waals surface area contributed by atoms with Gasteiger partial charge in [0.15, 0.2) is 6.61 Å². The van der Waals surface area contributed by atoms with Crippen LogP contribution in [-0.4, -0.2) is 17.4 Å². The van der Waals surface area contributed by atoms with Gasteiger partial charge in [-0.05, 0) is 42.0 Å². The molecule has 0 aromatic heterocycles. The van der Waals surface area contributed by atoms with Gasteiger partial charge in [0.1, 0.15) is 23.9 Å². The fourth-order valence-electron chi connectivity index (χ4n) is 2.42. The molecule has 0 aliphatic carbocycles. The van der Waals surface area contributed by atoms with E-state index in [1.165, 1.54) is 36.4 Å². The molecular weight excluding hydrogens is 379 g/mol. The maximum Gasteiger partial charge on any atom is 0.269 e. The second-order valence-corrected chi connectivity index (χ2v) is 6.03. The second-order valence-electron chi connectivity index (χ2n) is 6.03. The number of nitrogens with zero attached hydrogens (tertiary/aromatic N) is 1. The number of carbonyl (C=O) groups excluding carboxylic acids is 1. The molecule has 3 aromatic carbocycles. The van der Waals surface area contributed by atoms with Gasteiger partial charge in [0.05, 0.1) is 4.92 Å². The number of ether oxygens (including phenoxy) is 2. The SMILES string of the molecule is O=C(COc1ccc([N+](=O)[O-])cc1)Nc1cccc(OCc2ccc(F)cc2)c1. The van der Waals surface area contributed by atoms with E-state index in [1.54, 1.807) is 36.4 Å². The van der Waals surface area contributed by atoms with Gasteiger partial charge in [0.25, 0.3) is 11.6 Å². The van der Waals surface area contributed by atoms with E-state index in [-0.39, 0.29) is 30.6 Å². The quantitative estimate of drug-likeness (QED) is 0.452. The van der Waals surface area contributed by atoms with Crippen LogP contribution in [0.25, 0.3) is 0 Å². The molecule has 3 aromatic rings. The molecule has 0 bridgehead atoms. The molecule has 7 nitrogen and oxygen atoms in total. The number of rotatable bonds is 8. The molecule has 0 unspecified atom stereocenters. The van der Waals surface area contributed by atoms with Crippen LogP contribution in [0.1, 0.15) is 5.56 Å². The fraction of sp³-hybridized carbons (Fsp3) is 0.0952. The van der Waals surface area contributed by atoms with Gasteiger partial charge in [0.2, 0.25) is 0 Å². The number of non-ortho nitro benzene ring substituents is 1. The number of benzene rings is 3. The highest BCUT2D eigenvalue weighted by atomic mass is 19.1. The van der Waals surface area contributed by atoms with Gasteiger partial charge in [-0.25, -0.2) is 4.39 Å². The van der Waals surface area contributed by atoms with E-state index in [4.69, 9.17) is 9.47 Å². The molecule has 0 saturated carbocycles. The zero-order chi connectivity index (χ0) is 20.6. The molecular formula is C21H17FN2O5. The van der Waals surface area contributed by atoms with Crippen LogP contribution in [0.4, 0.5) is 15.8 Å². The molecule has 0 aliphatic heterocycles. The first-order valence-electron chi connectivity index (χ1n) is 8.64. The summed E-state index contributed by atoms with van der Waals surface area (Å²) in [5, 5.41) is 13.3.